The predicted molar refractivity (Wildman–Crippen MR) is 119 cm³/mol. The van der Waals surface area contributed by atoms with Crippen LogP contribution in [0.5, 0.6) is 0 Å². The average Bonchev–Trinajstić information content (AvgIpc) is 3.05. The minimum absolute atomic E-state index is 0.0947. The van der Waals surface area contributed by atoms with Crippen LogP contribution >= 0.6 is 0 Å². The zero-order valence-corrected chi connectivity index (χ0v) is 17.4. The molecule has 0 fully saturated rings. The van der Waals surface area contributed by atoms with E-state index in [-0.39, 0.29) is 18.4 Å². The molecule has 5 heteroatoms. The summed E-state index contributed by atoms with van der Waals surface area (Å²) in [5.41, 5.74) is 3.19. The molecule has 1 N–H and O–H groups in total. The van der Waals surface area contributed by atoms with Crippen LogP contribution in [0.1, 0.15) is 38.3 Å². The van der Waals surface area contributed by atoms with Gasteiger partial charge in [0.2, 0.25) is 0 Å². The van der Waals surface area contributed by atoms with Gasteiger partial charge in [-0.3, -0.25) is 19.4 Å². The van der Waals surface area contributed by atoms with E-state index in [0.717, 1.165) is 11.1 Å². The minimum Gasteiger partial charge on any atom is -0.396 e. The van der Waals surface area contributed by atoms with Crippen LogP contribution in [-0.2, 0) is 13.1 Å². The summed E-state index contributed by atoms with van der Waals surface area (Å²) in [6, 6.07) is 26.8. The molecule has 4 rings (SSSR count). The second-order valence-electron chi connectivity index (χ2n) is 7.83. The molecule has 0 saturated heterocycles. The molecule has 31 heavy (non-hydrogen) atoms. The Morgan fingerprint density at radius 3 is 1.61 bits per heavy atom. The first-order valence-corrected chi connectivity index (χ1v) is 10.6. The highest BCUT2D eigenvalue weighted by Crippen LogP contribution is 2.26. The smallest absolute Gasteiger partial charge is 0.261 e. The molecule has 0 unspecified atom stereocenters. The maximum absolute atomic E-state index is 13.0. The predicted octanol–water partition coefficient (Wildman–Crippen LogP) is 3.74. The third-order valence-corrected chi connectivity index (χ3v) is 5.62. The van der Waals surface area contributed by atoms with Crippen molar-refractivity contribution in [2.24, 2.45) is 0 Å². The van der Waals surface area contributed by atoms with Gasteiger partial charge in [0.15, 0.2) is 0 Å². The van der Waals surface area contributed by atoms with Crippen molar-refractivity contribution in [2.75, 3.05) is 13.2 Å². The number of nitrogens with zero attached hydrogens (tertiary/aromatic N) is 2. The van der Waals surface area contributed by atoms with Gasteiger partial charge in [0.1, 0.15) is 0 Å². The number of rotatable bonds is 9. The van der Waals surface area contributed by atoms with E-state index < -0.39 is 6.04 Å². The average molecular weight is 415 g/mol. The Kier molecular flexibility index (Phi) is 6.55. The molecule has 0 aromatic heterocycles. The van der Waals surface area contributed by atoms with Crippen LogP contribution in [0.3, 0.4) is 0 Å². The lowest BCUT2D eigenvalue weighted by Crippen LogP contribution is -2.47. The van der Waals surface area contributed by atoms with Crippen LogP contribution in [0.25, 0.3) is 0 Å². The zero-order valence-electron chi connectivity index (χ0n) is 17.4. The molecule has 0 saturated carbocycles. The van der Waals surface area contributed by atoms with Gasteiger partial charge in [-0.05, 0) is 29.7 Å². The van der Waals surface area contributed by atoms with E-state index in [4.69, 9.17) is 0 Å². The van der Waals surface area contributed by atoms with E-state index in [1.807, 2.05) is 36.4 Å². The molecule has 0 radical (unpaired) electrons. The highest BCUT2D eigenvalue weighted by molar-refractivity contribution is 6.21. The summed E-state index contributed by atoms with van der Waals surface area (Å²) >= 11 is 0. The quantitative estimate of drug-likeness (QED) is 0.542. The number of aliphatic hydroxyl groups excluding tert-OH is 1. The number of benzene rings is 3. The van der Waals surface area contributed by atoms with Gasteiger partial charge in [0.25, 0.3) is 11.8 Å². The molecule has 1 aliphatic heterocycles. The number of hydrogen-bond donors (Lipinski definition) is 1. The first-order chi connectivity index (χ1) is 15.2. The summed E-state index contributed by atoms with van der Waals surface area (Å²) < 4.78 is 0. The lowest BCUT2D eigenvalue weighted by molar-refractivity contribution is 0.0503. The van der Waals surface area contributed by atoms with Crippen LogP contribution in [-0.4, -0.2) is 45.9 Å². The molecule has 2 amide bonds. The van der Waals surface area contributed by atoms with Crippen molar-refractivity contribution in [1.29, 1.82) is 0 Å². The lowest BCUT2D eigenvalue weighted by Gasteiger charge is -2.32. The van der Waals surface area contributed by atoms with Crippen LogP contribution < -0.4 is 0 Å². The Balaban J connectivity index is 1.59. The molecule has 0 spiro atoms. The highest BCUT2D eigenvalue weighted by Gasteiger charge is 2.40. The van der Waals surface area contributed by atoms with Crippen molar-refractivity contribution in [3.63, 3.8) is 0 Å². The minimum atomic E-state index is -0.412. The molecule has 1 aliphatic rings. The Morgan fingerprint density at radius 1 is 0.710 bits per heavy atom. The number of carbonyl (C=O) groups is 2. The van der Waals surface area contributed by atoms with Gasteiger partial charge in [-0.15, -0.1) is 0 Å². The fourth-order valence-corrected chi connectivity index (χ4v) is 4.16. The first kappa shape index (κ1) is 21.0. The maximum Gasteiger partial charge on any atom is 0.261 e. The van der Waals surface area contributed by atoms with Gasteiger partial charge in [-0.1, -0.05) is 72.8 Å². The molecule has 1 heterocycles. The molecule has 3 aromatic rings. The summed E-state index contributed by atoms with van der Waals surface area (Å²) in [6.45, 7) is 1.75. The fourth-order valence-electron chi connectivity index (χ4n) is 4.16. The van der Waals surface area contributed by atoms with Crippen LogP contribution in [0.15, 0.2) is 84.9 Å². The van der Waals surface area contributed by atoms with E-state index in [9.17, 15) is 14.7 Å². The Labute approximate surface area is 182 Å². The van der Waals surface area contributed by atoms with Gasteiger partial charge in [-0.2, -0.15) is 0 Å². The first-order valence-electron chi connectivity index (χ1n) is 10.6. The molecule has 1 atom stereocenters. The summed E-state index contributed by atoms with van der Waals surface area (Å²) in [6.07, 6.45) is 0.339. The van der Waals surface area contributed by atoms with Gasteiger partial charge < -0.3 is 5.11 Å². The van der Waals surface area contributed by atoms with E-state index in [0.29, 0.717) is 37.2 Å². The van der Waals surface area contributed by atoms with Gasteiger partial charge >= 0.3 is 0 Å². The zero-order chi connectivity index (χ0) is 21.6. The lowest BCUT2D eigenvalue weighted by atomic mass is 10.1. The molecule has 0 bridgehead atoms. The van der Waals surface area contributed by atoms with E-state index in [1.54, 1.807) is 24.3 Å². The van der Waals surface area contributed by atoms with E-state index in [2.05, 4.69) is 29.2 Å². The van der Waals surface area contributed by atoms with Crippen molar-refractivity contribution < 1.29 is 14.7 Å². The number of hydrogen-bond acceptors (Lipinski definition) is 4. The third-order valence-electron chi connectivity index (χ3n) is 5.62. The number of aliphatic hydroxyl groups is 1. The van der Waals surface area contributed by atoms with Gasteiger partial charge in [0, 0.05) is 26.2 Å². The van der Waals surface area contributed by atoms with Crippen LogP contribution in [0.2, 0.25) is 0 Å². The van der Waals surface area contributed by atoms with Crippen LogP contribution in [0, 0.1) is 0 Å². The molecular weight excluding hydrogens is 388 g/mol. The van der Waals surface area contributed by atoms with E-state index >= 15 is 0 Å². The second-order valence-corrected chi connectivity index (χ2v) is 7.83. The number of amides is 2. The van der Waals surface area contributed by atoms with Gasteiger partial charge in [0.05, 0.1) is 17.2 Å². The van der Waals surface area contributed by atoms with Crippen molar-refractivity contribution in [1.82, 2.24) is 9.80 Å². The number of carbonyl (C=O) groups excluding carboxylic acids is 2. The number of fused-ring (bicyclic) bond motifs is 1. The van der Waals surface area contributed by atoms with E-state index in [1.165, 1.54) is 4.90 Å². The largest absolute Gasteiger partial charge is 0.396 e. The second kappa shape index (κ2) is 9.69. The summed E-state index contributed by atoms with van der Waals surface area (Å²) in [5, 5.41) is 9.71. The monoisotopic (exact) mass is 414 g/mol. The Bertz CT molecular complexity index is 960. The van der Waals surface area contributed by atoms with Gasteiger partial charge in [-0.25, -0.2) is 0 Å². The molecule has 0 aliphatic carbocycles. The highest BCUT2D eigenvalue weighted by atomic mass is 16.3. The van der Waals surface area contributed by atoms with Crippen molar-refractivity contribution in [3.8, 4) is 0 Å². The Hall–Kier alpha value is -3.28. The fraction of sp³-hybridized carbons (Fsp3) is 0.231. The maximum atomic E-state index is 13.0. The van der Waals surface area contributed by atoms with Crippen molar-refractivity contribution in [2.45, 2.75) is 25.6 Å². The molecule has 5 nitrogen and oxygen atoms in total. The topological polar surface area (TPSA) is 60.9 Å². The molecular formula is C26H26N2O3. The molecule has 158 valence electrons. The standard InChI is InChI=1S/C26H26N2O3/c29-16-15-22(28-25(30)23-13-7-8-14-24(23)26(28)31)19-27(17-20-9-3-1-4-10-20)18-21-11-5-2-6-12-21/h1-14,22,29H,15-19H2/t22-/m1/s1. The van der Waals surface area contributed by atoms with Crippen molar-refractivity contribution >= 4 is 11.8 Å². The summed E-state index contributed by atoms with van der Waals surface area (Å²) in [7, 11) is 0. The normalized spacial score (nSPS) is 14.2. The van der Waals surface area contributed by atoms with Crippen LogP contribution in [0.4, 0.5) is 0 Å². The number of imide groups is 1. The van der Waals surface area contributed by atoms with Crippen molar-refractivity contribution in [3.05, 3.63) is 107 Å². The third kappa shape index (κ3) is 4.74. The Morgan fingerprint density at radius 2 is 1.16 bits per heavy atom. The summed E-state index contributed by atoms with van der Waals surface area (Å²) in [5.74, 6) is -0.558. The molecule has 3 aromatic carbocycles. The SMILES string of the molecule is O=C1c2ccccc2C(=O)N1[C@H](CCO)CN(Cc1ccccc1)Cc1ccccc1. The summed E-state index contributed by atoms with van der Waals surface area (Å²) in [4.78, 5) is 29.6.